The van der Waals surface area contributed by atoms with E-state index in [1.165, 1.54) is 0 Å². The molecule has 0 fully saturated rings. The third kappa shape index (κ3) is 3.56. The van der Waals surface area contributed by atoms with Crippen LogP contribution in [0, 0.1) is 27.7 Å². The van der Waals surface area contributed by atoms with E-state index in [4.69, 9.17) is 4.74 Å². The van der Waals surface area contributed by atoms with Gasteiger partial charge in [-0.05, 0) is 74.4 Å². The van der Waals surface area contributed by atoms with Gasteiger partial charge in [-0.25, -0.2) is 4.79 Å². The SMILES string of the molecule is Cc1cc(C)c(C(=O)Oc2c(-c3ccccc3)c(=O)n3c4c(cc(C)cc24)CCC3)c(C)c1. The first-order chi connectivity index (χ1) is 15.8. The number of hydrogen-bond acceptors (Lipinski definition) is 3. The number of carbonyl (C=O) groups excluding carboxylic acids is 1. The van der Waals surface area contributed by atoms with Gasteiger partial charge < -0.3 is 9.30 Å². The van der Waals surface area contributed by atoms with Crippen LogP contribution in [0.1, 0.15) is 44.6 Å². The maximum absolute atomic E-state index is 13.8. The van der Waals surface area contributed by atoms with E-state index in [1.807, 2.05) is 80.8 Å². The van der Waals surface area contributed by atoms with Gasteiger partial charge in [-0.15, -0.1) is 0 Å². The average Bonchev–Trinajstić information content (AvgIpc) is 2.77. The molecule has 3 aromatic carbocycles. The number of esters is 1. The summed E-state index contributed by atoms with van der Waals surface area (Å²) in [7, 11) is 0. The summed E-state index contributed by atoms with van der Waals surface area (Å²) < 4.78 is 8.02. The van der Waals surface area contributed by atoms with Crippen LogP contribution in [0.25, 0.3) is 22.0 Å². The minimum atomic E-state index is -0.430. The first kappa shape index (κ1) is 21.2. The summed E-state index contributed by atoms with van der Waals surface area (Å²) in [5.41, 5.74) is 7.58. The summed E-state index contributed by atoms with van der Waals surface area (Å²) in [4.78, 5) is 27.3. The lowest BCUT2D eigenvalue weighted by atomic mass is 9.95. The van der Waals surface area contributed by atoms with Crippen LogP contribution < -0.4 is 10.3 Å². The van der Waals surface area contributed by atoms with Crippen LogP contribution in [0.5, 0.6) is 5.75 Å². The van der Waals surface area contributed by atoms with Gasteiger partial charge in [0.25, 0.3) is 5.56 Å². The van der Waals surface area contributed by atoms with Crippen LogP contribution in [0.3, 0.4) is 0 Å². The smallest absolute Gasteiger partial charge is 0.344 e. The molecule has 4 aromatic rings. The van der Waals surface area contributed by atoms with Crippen molar-refractivity contribution in [2.75, 3.05) is 0 Å². The van der Waals surface area contributed by atoms with Crippen molar-refractivity contribution < 1.29 is 9.53 Å². The van der Waals surface area contributed by atoms with Crippen LogP contribution in [0.2, 0.25) is 0 Å². The van der Waals surface area contributed by atoms with Crippen molar-refractivity contribution in [2.24, 2.45) is 0 Å². The molecule has 166 valence electrons. The van der Waals surface area contributed by atoms with Crippen molar-refractivity contribution in [1.29, 1.82) is 0 Å². The number of benzene rings is 3. The molecule has 0 unspecified atom stereocenters. The molecular weight excluding hydrogens is 410 g/mol. The van der Waals surface area contributed by atoms with E-state index in [9.17, 15) is 9.59 Å². The third-order valence-corrected chi connectivity index (χ3v) is 6.50. The summed E-state index contributed by atoms with van der Waals surface area (Å²) in [5.74, 6) is -0.0746. The van der Waals surface area contributed by atoms with Crippen molar-refractivity contribution >= 4 is 16.9 Å². The first-order valence-corrected chi connectivity index (χ1v) is 11.4. The number of pyridine rings is 1. The lowest BCUT2D eigenvalue weighted by Crippen LogP contribution is -2.27. The molecule has 1 aliphatic heterocycles. The molecule has 4 heteroatoms. The summed E-state index contributed by atoms with van der Waals surface area (Å²) >= 11 is 0. The molecule has 0 bridgehead atoms. The number of nitrogens with zero attached hydrogens (tertiary/aromatic N) is 1. The van der Waals surface area contributed by atoms with Crippen molar-refractivity contribution in [1.82, 2.24) is 4.57 Å². The molecule has 1 aliphatic rings. The van der Waals surface area contributed by atoms with E-state index < -0.39 is 5.97 Å². The maximum Gasteiger partial charge on any atom is 0.344 e. The fraction of sp³-hybridized carbons (Fsp3) is 0.241. The Balaban J connectivity index is 1.81. The molecule has 0 N–H and O–H groups in total. The van der Waals surface area contributed by atoms with E-state index in [0.717, 1.165) is 57.1 Å². The molecule has 4 nitrogen and oxygen atoms in total. The Morgan fingerprint density at radius 1 is 0.909 bits per heavy atom. The quantitative estimate of drug-likeness (QED) is 0.366. The second-order valence-corrected chi connectivity index (χ2v) is 9.11. The fourth-order valence-corrected chi connectivity index (χ4v) is 5.26. The van der Waals surface area contributed by atoms with Gasteiger partial charge in [-0.3, -0.25) is 4.79 Å². The van der Waals surface area contributed by atoms with Gasteiger partial charge in [0.15, 0.2) is 5.75 Å². The lowest BCUT2D eigenvalue weighted by Gasteiger charge is -2.24. The summed E-state index contributed by atoms with van der Waals surface area (Å²) in [6.07, 6.45) is 1.83. The standard InChI is InChI=1S/C29H27NO3/c1-17-13-19(3)24(20(4)14-17)29(32)33-27-23-16-18(2)15-22-11-8-12-30(26(22)23)28(31)25(27)21-9-6-5-7-10-21/h5-7,9-10,13-16H,8,11-12H2,1-4H3. The molecule has 0 radical (unpaired) electrons. The highest BCUT2D eigenvalue weighted by atomic mass is 16.5. The molecule has 1 aromatic heterocycles. The zero-order valence-corrected chi connectivity index (χ0v) is 19.5. The van der Waals surface area contributed by atoms with E-state index in [1.54, 1.807) is 0 Å². The molecule has 2 heterocycles. The first-order valence-electron chi connectivity index (χ1n) is 11.4. The highest BCUT2D eigenvalue weighted by molar-refractivity contribution is 6.01. The van der Waals surface area contributed by atoms with Gasteiger partial charge in [0, 0.05) is 11.9 Å². The summed E-state index contributed by atoms with van der Waals surface area (Å²) in [5, 5.41) is 0.818. The van der Waals surface area contributed by atoms with Crippen molar-refractivity contribution in [3.8, 4) is 16.9 Å². The van der Waals surface area contributed by atoms with Crippen LogP contribution >= 0.6 is 0 Å². The molecular formula is C29H27NO3. The number of ether oxygens (including phenoxy) is 1. The Labute approximate surface area is 193 Å². The number of carbonyl (C=O) groups is 1. The van der Waals surface area contributed by atoms with Crippen molar-refractivity contribution in [3.63, 3.8) is 0 Å². The Kier molecular flexibility index (Phi) is 5.16. The van der Waals surface area contributed by atoms with Gasteiger partial charge >= 0.3 is 5.97 Å². The predicted octanol–water partition coefficient (Wildman–Crippen LogP) is 6.07. The summed E-state index contributed by atoms with van der Waals surface area (Å²) in [6, 6.07) is 17.6. The van der Waals surface area contributed by atoms with E-state index >= 15 is 0 Å². The molecule has 5 rings (SSSR count). The number of aromatic nitrogens is 1. The molecule has 0 spiro atoms. The van der Waals surface area contributed by atoms with E-state index in [0.29, 0.717) is 23.4 Å². The summed E-state index contributed by atoms with van der Waals surface area (Å²) in [6.45, 7) is 8.56. The average molecular weight is 438 g/mol. The molecule has 0 amide bonds. The number of hydrogen-bond donors (Lipinski definition) is 0. The molecule has 0 aliphatic carbocycles. The zero-order valence-electron chi connectivity index (χ0n) is 19.5. The molecule has 33 heavy (non-hydrogen) atoms. The number of aryl methyl sites for hydroxylation is 6. The van der Waals surface area contributed by atoms with Crippen LogP contribution in [-0.2, 0) is 13.0 Å². The largest absolute Gasteiger partial charge is 0.421 e. The highest BCUT2D eigenvalue weighted by Gasteiger charge is 2.26. The molecule has 0 saturated carbocycles. The minimum absolute atomic E-state index is 0.112. The van der Waals surface area contributed by atoms with Crippen molar-refractivity contribution in [2.45, 2.75) is 47.1 Å². The van der Waals surface area contributed by atoms with Crippen LogP contribution in [-0.4, -0.2) is 10.5 Å². The second-order valence-electron chi connectivity index (χ2n) is 9.11. The maximum atomic E-state index is 13.8. The Morgan fingerprint density at radius 2 is 1.58 bits per heavy atom. The van der Waals surface area contributed by atoms with E-state index in [2.05, 4.69) is 6.07 Å². The monoisotopic (exact) mass is 437 g/mol. The number of rotatable bonds is 3. The normalized spacial score (nSPS) is 12.7. The van der Waals surface area contributed by atoms with Crippen molar-refractivity contribution in [3.05, 3.63) is 98.3 Å². The van der Waals surface area contributed by atoms with Gasteiger partial charge in [0.2, 0.25) is 0 Å². The fourth-order valence-electron chi connectivity index (χ4n) is 5.26. The third-order valence-electron chi connectivity index (χ3n) is 6.50. The Bertz CT molecular complexity index is 1460. The molecule has 0 saturated heterocycles. The van der Waals surface area contributed by atoms with Gasteiger partial charge in [-0.1, -0.05) is 54.1 Å². The lowest BCUT2D eigenvalue weighted by molar-refractivity contribution is 0.0736. The molecule has 0 atom stereocenters. The van der Waals surface area contributed by atoms with Gasteiger partial charge in [0.05, 0.1) is 16.6 Å². The highest BCUT2D eigenvalue weighted by Crippen LogP contribution is 2.38. The zero-order chi connectivity index (χ0) is 23.3. The van der Waals surface area contributed by atoms with Gasteiger partial charge in [0.1, 0.15) is 0 Å². The van der Waals surface area contributed by atoms with Crippen LogP contribution in [0.15, 0.2) is 59.4 Å². The van der Waals surface area contributed by atoms with Gasteiger partial charge in [-0.2, -0.15) is 0 Å². The Hall–Kier alpha value is -3.66. The predicted molar refractivity (Wildman–Crippen MR) is 132 cm³/mol. The van der Waals surface area contributed by atoms with E-state index in [-0.39, 0.29) is 5.56 Å². The minimum Gasteiger partial charge on any atom is -0.421 e. The van der Waals surface area contributed by atoms with Crippen LogP contribution in [0.4, 0.5) is 0 Å². The second kappa shape index (κ2) is 8.04. The topological polar surface area (TPSA) is 48.3 Å². The Morgan fingerprint density at radius 3 is 2.27 bits per heavy atom.